The van der Waals surface area contributed by atoms with Crippen molar-refractivity contribution in [2.75, 3.05) is 24.8 Å². The lowest BCUT2D eigenvalue weighted by atomic mass is 10.1. The molecule has 0 aliphatic heterocycles. The zero-order valence-corrected chi connectivity index (χ0v) is 18.0. The molecule has 1 amide bonds. The normalized spacial score (nSPS) is 10.9. The summed E-state index contributed by atoms with van der Waals surface area (Å²) in [5.41, 5.74) is 5.16. The van der Waals surface area contributed by atoms with Crippen molar-refractivity contribution >= 4 is 23.4 Å². The van der Waals surface area contributed by atoms with Crippen LogP contribution in [0.1, 0.15) is 16.7 Å². The third kappa shape index (κ3) is 5.46. The maximum absolute atomic E-state index is 12.5. The third-order valence-corrected chi connectivity index (χ3v) is 5.48. The molecule has 3 rings (SSSR count). The van der Waals surface area contributed by atoms with E-state index in [0.717, 1.165) is 33.8 Å². The van der Waals surface area contributed by atoms with Crippen molar-refractivity contribution in [1.29, 1.82) is 0 Å². The van der Waals surface area contributed by atoms with Crippen LogP contribution in [0.3, 0.4) is 0 Å². The minimum absolute atomic E-state index is 0.0675. The molecule has 0 radical (unpaired) electrons. The molecule has 0 aliphatic carbocycles. The largest absolute Gasteiger partial charge is 0.383 e. The number of hydrogen-bond donors (Lipinski definition) is 1. The van der Waals surface area contributed by atoms with E-state index < -0.39 is 0 Å². The number of amides is 1. The summed E-state index contributed by atoms with van der Waals surface area (Å²) in [5, 5.41) is 12.4. The Labute approximate surface area is 175 Å². The molecule has 3 aromatic rings. The van der Waals surface area contributed by atoms with E-state index in [-0.39, 0.29) is 11.7 Å². The summed E-state index contributed by atoms with van der Waals surface area (Å²) in [5.74, 6) is 0.969. The first kappa shape index (κ1) is 21.1. The zero-order valence-electron chi connectivity index (χ0n) is 17.2. The summed E-state index contributed by atoms with van der Waals surface area (Å²) in [6.45, 7) is 7.20. The molecule has 0 saturated carbocycles. The van der Waals surface area contributed by atoms with E-state index in [1.54, 1.807) is 7.11 Å². The van der Waals surface area contributed by atoms with Gasteiger partial charge < -0.3 is 10.1 Å². The van der Waals surface area contributed by atoms with Crippen molar-refractivity contribution in [3.8, 4) is 11.4 Å². The number of anilines is 1. The molecule has 0 atom stereocenters. The molecule has 1 aromatic heterocycles. The van der Waals surface area contributed by atoms with E-state index in [1.807, 2.05) is 61.7 Å². The van der Waals surface area contributed by atoms with Gasteiger partial charge in [0.2, 0.25) is 5.91 Å². The van der Waals surface area contributed by atoms with E-state index in [4.69, 9.17) is 4.74 Å². The molecule has 6 nitrogen and oxygen atoms in total. The Bertz CT molecular complexity index is 1000. The van der Waals surface area contributed by atoms with E-state index in [2.05, 4.69) is 21.6 Å². The first-order valence-corrected chi connectivity index (χ1v) is 10.5. The predicted molar refractivity (Wildman–Crippen MR) is 117 cm³/mol. The average molecular weight is 411 g/mol. The molecule has 0 bridgehead atoms. The van der Waals surface area contributed by atoms with Gasteiger partial charge >= 0.3 is 0 Å². The molecule has 7 heteroatoms. The lowest BCUT2D eigenvalue weighted by Crippen LogP contribution is -2.16. The van der Waals surface area contributed by atoms with E-state index >= 15 is 0 Å². The highest BCUT2D eigenvalue weighted by Gasteiger charge is 2.16. The summed E-state index contributed by atoms with van der Waals surface area (Å²) in [6.07, 6.45) is 0. The smallest absolute Gasteiger partial charge is 0.234 e. The molecule has 0 fully saturated rings. The Hall–Kier alpha value is -2.64. The second-order valence-electron chi connectivity index (χ2n) is 6.98. The second kappa shape index (κ2) is 9.71. The Morgan fingerprint density at radius 2 is 1.90 bits per heavy atom. The SMILES string of the molecule is COCCn1c(SCC(=O)Nc2cc(C)ccc2C)nnc1-c1cccc(C)c1. The highest BCUT2D eigenvalue weighted by atomic mass is 32.2. The first-order chi connectivity index (χ1) is 14.0. The lowest BCUT2D eigenvalue weighted by molar-refractivity contribution is -0.113. The van der Waals surface area contributed by atoms with Gasteiger partial charge in [0, 0.05) is 18.4 Å². The summed E-state index contributed by atoms with van der Waals surface area (Å²) < 4.78 is 7.26. The molecular formula is C22H26N4O2S. The monoisotopic (exact) mass is 410 g/mol. The van der Waals surface area contributed by atoms with Gasteiger partial charge in [-0.1, -0.05) is 47.7 Å². The Morgan fingerprint density at radius 3 is 2.66 bits per heavy atom. The fraction of sp³-hybridized carbons (Fsp3) is 0.318. The Morgan fingerprint density at radius 1 is 1.10 bits per heavy atom. The van der Waals surface area contributed by atoms with Gasteiger partial charge in [0.1, 0.15) is 0 Å². The Kier molecular flexibility index (Phi) is 7.06. The van der Waals surface area contributed by atoms with Gasteiger partial charge in [-0.3, -0.25) is 9.36 Å². The minimum atomic E-state index is -0.0675. The first-order valence-electron chi connectivity index (χ1n) is 9.47. The van der Waals surface area contributed by atoms with Crippen LogP contribution in [0.2, 0.25) is 0 Å². The quantitative estimate of drug-likeness (QED) is 0.562. The number of aromatic nitrogens is 3. The van der Waals surface area contributed by atoms with Crippen LogP contribution in [-0.4, -0.2) is 40.1 Å². The van der Waals surface area contributed by atoms with E-state index in [1.165, 1.54) is 11.8 Å². The molecule has 152 valence electrons. The summed E-state index contributed by atoms with van der Waals surface area (Å²) in [4.78, 5) is 12.5. The van der Waals surface area contributed by atoms with Gasteiger partial charge in [-0.25, -0.2) is 0 Å². The number of ether oxygens (including phenoxy) is 1. The summed E-state index contributed by atoms with van der Waals surface area (Å²) in [6, 6.07) is 14.2. The highest BCUT2D eigenvalue weighted by Crippen LogP contribution is 2.25. The molecule has 0 unspecified atom stereocenters. The highest BCUT2D eigenvalue weighted by molar-refractivity contribution is 7.99. The molecule has 0 spiro atoms. The summed E-state index contributed by atoms with van der Waals surface area (Å²) >= 11 is 1.38. The fourth-order valence-electron chi connectivity index (χ4n) is 2.96. The van der Waals surface area contributed by atoms with Crippen LogP contribution in [0, 0.1) is 20.8 Å². The number of methoxy groups -OCH3 is 1. The van der Waals surface area contributed by atoms with Crippen LogP contribution in [0.15, 0.2) is 47.6 Å². The molecule has 0 saturated heterocycles. The van der Waals surface area contributed by atoms with Crippen molar-refractivity contribution in [1.82, 2.24) is 14.8 Å². The molecule has 1 N–H and O–H groups in total. The van der Waals surface area contributed by atoms with Crippen LogP contribution < -0.4 is 5.32 Å². The average Bonchev–Trinajstić information content (AvgIpc) is 3.10. The maximum Gasteiger partial charge on any atom is 0.234 e. The number of hydrogen-bond acceptors (Lipinski definition) is 5. The summed E-state index contributed by atoms with van der Waals surface area (Å²) in [7, 11) is 1.67. The molecule has 2 aromatic carbocycles. The number of thioether (sulfide) groups is 1. The predicted octanol–water partition coefficient (Wildman–Crippen LogP) is 4.25. The minimum Gasteiger partial charge on any atom is -0.383 e. The molecule has 29 heavy (non-hydrogen) atoms. The molecule has 0 aliphatic rings. The van der Waals surface area contributed by atoms with Gasteiger partial charge in [0.25, 0.3) is 0 Å². The van der Waals surface area contributed by atoms with Gasteiger partial charge in [-0.05, 0) is 44.0 Å². The van der Waals surface area contributed by atoms with Crippen LogP contribution in [0.25, 0.3) is 11.4 Å². The van der Waals surface area contributed by atoms with E-state index in [9.17, 15) is 4.79 Å². The van der Waals surface area contributed by atoms with Crippen molar-refractivity contribution < 1.29 is 9.53 Å². The van der Waals surface area contributed by atoms with Crippen molar-refractivity contribution in [3.63, 3.8) is 0 Å². The maximum atomic E-state index is 12.5. The number of nitrogens with zero attached hydrogens (tertiary/aromatic N) is 3. The van der Waals surface area contributed by atoms with Crippen LogP contribution in [0.4, 0.5) is 5.69 Å². The van der Waals surface area contributed by atoms with Crippen LogP contribution >= 0.6 is 11.8 Å². The van der Waals surface area contributed by atoms with Crippen molar-refractivity contribution in [3.05, 3.63) is 59.2 Å². The van der Waals surface area contributed by atoms with Crippen LogP contribution in [-0.2, 0) is 16.1 Å². The van der Waals surface area contributed by atoms with Gasteiger partial charge in [-0.2, -0.15) is 0 Å². The second-order valence-corrected chi connectivity index (χ2v) is 7.92. The fourth-order valence-corrected chi connectivity index (χ4v) is 3.73. The third-order valence-electron chi connectivity index (χ3n) is 4.51. The number of benzene rings is 2. The van der Waals surface area contributed by atoms with Gasteiger partial charge in [-0.15, -0.1) is 10.2 Å². The van der Waals surface area contributed by atoms with Crippen molar-refractivity contribution in [2.45, 2.75) is 32.5 Å². The number of aryl methyl sites for hydroxylation is 3. The van der Waals surface area contributed by atoms with Gasteiger partial charge in [0.15, 0.2) is 11.0 Å². The zero-order chi connectivity index (χ0) is 20.8. The number of carbonyl (C=O) groups excluding carboxylic acids is 1. The molecular weight excluding hydrogens is 384 g/mol. The van der Waals surface area contributed by atoms with Gasteiger partial charge in [0.05, 0.1) is 18.9 Å². The van der Waals surface area contributed by atoms with Crippen LogP contribution in [0.5, 0.6) is 0 Å². The number of rotatable bonds is 8. The van der Waals surface area contributed by atoms with E-state index in [0.29, 0.717) is 18.3 Å². The number of nitrogens with one attached hydrogen (secondary N) is 1. The number of carbonyl (C=O) groups is 1. The Balaban J connectivity index is 1.74. The standard InChI is InChI=1S/C22H26N4O2S/c1-15-6-5-7-18(12-15)21-24-25-22(26(21)10-11-28-4)29-14-20(27)23-19-13-16(2)8-9-17(19)3/h5-9,12-13H,10-11,14H2,1-4H3,(H,23,27). The van der Waals surface area contributed by atoms with Crippen molar-refractivity contribution in [2.24, 2.45) is 0 Å². The topological polar surface area (TPSA) is 69.0 Å². The lowest BCUT2D eigenvalue weighted by Gasteiger charge is -2.11. The molecule has 1 heterocycles.